The third kappa shape index (κ3) is 2.60. The molecule has 1 rings (SSSR count). The minimum absolute atomic E-state index is 0.600. The van der Waals surface area contributed by atoms with Gasteiger partial charge in [0.25, 0.3) is 0 Å². The first-order valence-corrected chi connectivity index (χ1v) is 5.21. The summed E-state index contributed by atoms with van der Waals surface area (Å²) in [6.07, 6.45) is 2.70. The fourth-order valence-electron chi connectivity index (χ4n) is 1.17. The van der Waals surface area contributed by atoms with Gasteiger partial charge >= 0.3 is 0 Å². The van der Waals surface area contributed by atoms with Crippen LogP contribution in [-0.4, -0.2) is 24.9 Å². The second-order valence-electron chi connectivity index (χ2n) is 2.75. The van der Waals surface area contributed by atoms with Crippen LogP contribution in [0.3, 0.4) is 0 Å². The van der Waals surface area contributed by atoms with Crippen molar-refractivity contribution < 1.29 is 4.79 Å². The maximum Gasteiger partial charge on any atom is 0.178 e. The van der Waals surface area contributed by atoms with Crippen molar-refractivity contribution in [1.82, 2.24) is 10.3 Å². The normalized spacial score (nSPS) is 10.3. The fourth-order valence-corrected chi connectivity index (χ4v) is 2.03. The van der Waals surface area contributed by atoms with Crippen molar-refractivity contribution in [3.63, 3.8) is 0 Å². The quantitative estimate of drug-likeness (QED) is 0.725. The Bertz CT molecular complexity index is 283. The van der Waals surface area contributed by atoms with E-state index >= 15 is 0 Å². The molecule has 0 aliphatic carbocycles. The summed E-state index contributed by atoms with van der Waals surface area (Å²) in [5.41, 5.74) is 1.07. The van der Waals surface area contributed by atoms with Crippen molar-refractivity contribution in [3.05, 3.63) is 15.6 Å². The molecule has 0 aromatic carbocycles. The van der Waals surface area contributed by atoms with Crippen molar-refractivity contribution in [2.24, 2.45) is 0 Å². The highest BCUT2D eigenvalue weighted by Crippen LogP contribution is 2.18. The van der Waals surface area contributed by atoms with Gasteiger partial charge in [-0.05, 0) is 13.5 Å². The standard InChI is InChI=1S/C9H14N2OS/c1-3-8-7(4-5-10-2)11-9(6-12)13-8/h6,10H,3-5H2,1-2H3. The van der Waals surface area contributed by atoms with Crippen LogP contribution in [0.15, 0.2) is 0 Å². The maximum atomic E-state index is 10.5. The molecule has 3 nitrogen and oxygen atoms in total. The van der Waals surface area contributed by atoms with Crippen LogP contribution in [0.1, 0.15) is 27.3 Å². The van der Waals surface area contributed by atoms with Crippen LogP contribution in [0.2, 0.25) is 0 Å². The molecule has 1 heterocycles. The molecule has 0 fully saturated rings. The Balaban J connectivity index is 2.77. The third-order valence-corrected chi connectivity index (χ3v) is 3.00. The number of thiazole rings is 1. The van der Waals surface area contributed by atoms with E-state index in [1.807, 2.05) is 7.05 Å². The van der Waals surface area contributed by atoms with Crippen molar-refractivity contribution in [2.45, 2.75) is 19.8 Å². The number of carbonyl (C=O) groups excluding carboxylic acids is 1. The third-order valence-electron chi connectivity index (χ3n) is 1.83. The molecule has 0 radical (unpaired) electrons. The van der Waals surface area contributed by atoms with Crippen LogP contribution in [0, 0.1) is 0 Å². The number of nitrogens with zero attached hydrogens (tertiary/aromatic N) is 1. The molecule has 72 valence electrons. The molecule has 0 saturated carbocycles. The Morgan fingerprint density at radius 2 is 2.38 bits per heavy atom. The molecule has 0 unspecified atom stereocenters. The Hall–Kier alpha value is -0.740. The highest BCUT2D eigenvalue weighted by atomic mass is 32.1. The predicted molar refractivity (Wildman–Crippen MR) is 54.5 cm³/mol. The van der Waals surface area contributed by atoms with E-state index in [1.165, 1.54) is 16.2 Å². The number of carbonyl (C=O) groups is 1. The van der Waals surface area contributed by atoms with Gasteiger partial charge in [-0.2, -0.15) is 0 Å². The summed E-state index contributed by atoms with van der Waals surface area (Å²) in [7, 11) is 1.92. The van der Waals surface area contributed by atoms with Gasteiger partial charge in [0.05, 0.1) is 5.69 Å². The number of aryl methyl sites for hydroxylation is 1. The van der Waals surface area contributed by atoms with E-state index in [1.54, 1.807) is 0 Å². The lowest BCUT2D eigenvalue weighted by Crippen LogP contribution is -2.11. The first kappa shape index (κ1) is 10.3. The highest BCUT2D eigenvalue weighted by Gasteiger charge is 2.07. The zero-order valence-corrected chi connectivity index (χ0v) is 8.78. The molecule has 0 atom stereocenters. The summed E-state index contributed by atoms with van der Waals surface area (Å²) in [4.78, 5) is 16.0. The molecule has 0 bridgehead atoms. The second kappa shape index (κ2) is 5.09. The molecule has 1 N–H and O–H groups in total. The summed E-state index contributed by atoms with van der Waals surface area (Å²) in [6.45, 7) is 3.00. The number of likely N-dealkylation sites (N-methyl/N-ethyl adjacent to an activating group) is 1. The second-order valence-corrected chi connectivity index (χ2v) is 3.86. The van der Waals surface area contributed by atoms with Gasteiger partial charge in [-0.15, -0.1) is 11.3 Å². The van der Waals surface area contributed by atoms with Crippen LogP contribution in [-0.2, 0) is 12.8 Å². The minimum atomic E-state index is 0.600. The smallest absolute Gasteiger partial charge is 0.178 e. The van der Waals surface area contributed by atoms with E-state index in [4.69, 9.17) is 0 Å². The van der Waals surface area contributed by atoms with Crippen molar-refractivity contribution in [3.8, 4) is 0 Å². The largest absolute Gasteiger partial charge is 0.319 e. The molecule has 1 aromatic rings. The Morgan fingerprint density at radius 1 is 1.62 bits per heavy atom. The zero-order chi connectivity index (χ0) is 9.68. The first-order chi connectivity index (χ1) is 6.31. The number of aldehydes is 1. The summed E-state index contributed by atoms with van der Waals surface area (Å²) < 4.78 is 0. The lowest BCUT2D eigenvalue weighted by atomic mass is 10.2. The molecule has 4 heteroatoms. The number of nitrogens with one attached hydrogen (secondary N) is 1. The van der Waals surface area contributed by atoms with E-state index in [-0.39, 0.29) is 0 Å². The van der Waals surface area contributed by atoms with Gasteiger partial charge < -0.3 is 5.32 Å². The van der Waals surface area contributed by atoms with E-state index in [9.17, 15) is 4.79 Å². The minimum Gasteiger partial charge on any atom is -0.319 e. The average molecular weight is 198 g/mol. The number of rotatable bonds is 5. The SMILES string of the molecule is CCc1sc(C=O)nc1CCNC. The molecule has 0 amide bonds. The van der Waals surface area contributed by atoms with E-state index in [2.05, 4.69) is 17.2 Å². The molecular formula is C9H14N2OS. The van der Waals surface area contributed by atoms with Gasteiger partial charge in [-0.1, -0.05) is 6.92 Å². The molecule has 1 aromatic heterocycles. The lowest BCUT2D eigenvalue weighted by molar-refractivity contribution is 0.112. The summed E-state index contributed by atoms with van der Waals surface area (Å²) in [5.74, 6) is 0. The van der Waals surface area contributed by atoms with Crippen LogP contribution in [0.4, 0.5) is 0 Å². The monoisotopic (exact) mass is 198 g/mol. The van der Waals surface area contributed by atoms with Gasteiger partial charge in [-0.25, -0.2) is 4.98 Å². The lowest BCUT2D eigenvalue weighted by Gasteiger charge is -1.97. The highest BCUT2D eigenvalue weighted by molar-refractivity contribution is 7.13. The Labute approximate surface area is 82.2 Å². The van der Waals surface area contributed by atoms with Crippen molar-refractivity contribution in [1.29, 1.82) is 0 Å². The van der Waals surface area contributed by atoms with Gasteiger partial charge in [-0.3, -0.25) is 4.79 Å². The Morgan fingerprint density at radius 3 is 2.92 bits per heavy atom. The topological polar surface area (TPSA) is 42.0 Å². The molecule has 0 aliphatic rings. The predicted octanol–water partition coefficient (Wildman–Crippen LogP) is 1.28. The molecule has 0 aliphatic heterocycles. The van der Waals surface area contributed by atoms with Crippen molar-refractivity contribution >= 4 is 17.6 Å². The molecule has 0 saturated heterocycles. The van der Waals surface area contributed by atoms with Crippen LogP contribution >= 0.6 is 11.3 Å². The fraction of sp³-hybridized carbons (Fsp3) is 0.556. The van der Waals surface area contributed by atoms with E-state index in [0.717, 1.165) is 31.4 Å². The average Bonchev–Trinajstić information content (AvgIpc) is 2.57. The number of hydrogen-bond acceptors (Lipinski definition) is 4. The van der Waals surface area contributed by atoms with Crippen LogP contribution in [0.25, 0.3) is 0 Å². The zero-order valence-electron chi connectivity index (χ0n) is 7.96. The van der Waals surface area contributed by atoms with E-state index < -0.39 is 0 Å². The molecule has 0 spiro atoms. The summed E-state index contributed by atoms with van der Waals surface area (Å²) >= 11 is 1.50. The summed E-state index contributed by atoms with van der Waals surface area (Å²) in [5, 5.41) is 3.67. The molecular weight excluding hydrogens is 184 g/mol. The maximum absolute atomic E-state index is 10.5. The van der Waals surface area contributed by atoms with Gasteiger partial charge in [0.1, 0.15) is 0 Å². The summed E-state index contributed by atoms with van der Waals surface area (Å²) in [6, 6.07) is 0. The van der Waals surface area contributed by atoms with E-state index in [0.29, 0.717) is 5.01 Å². The van der Waals surface area contributed by atoms with Gasteiger partial charge in [0.15, 0.2) is 11.3 Å². The first-order valence-electron chi connectivity index (χ1n) is 4.40. The molecule has 13 heavy (non-hydrogen) atoms. The van der Waals surface area contributed by atoms with Crippen LogP contribution < -0.4 is 5.32 Å². The Kier molecular flexibility index (Phi) is 4.05. The van der Waals surface area contributed by atoms with Crippen molar-refractivity contribution in [2.75, 3.05) is 13.6 Å². The van der Waals surface area contributed by atoms with Gasteiger partial charge in [0, 0.05) is 17.8 Å². The number of aromatic nitrogens is 1. The number of hydrogen-bond donors (Lipinski definition) is 1. The van der Waals surface area contributed by atoms with Gasteiger partial charge in [0.2, 0.25) is 0 Å². The van der Waals surface area contributed by atoms with Crippen LogP contribution in [0.5, 0.6) is 0 Å².